The van der Waals surface area contributed by atoms with Crippen molar-refractivity contribution in [2.45, 2.75) is 32.4 Å². The molecular weight excluding hydrogens is 633 g/mol. The monoisotopic (exact) mass is 663 g/mol. The first-order chi connectivity index (χ1) is 22.2. The fourth-order valence-electron chi connectivity index (χ4n) is 5.54. The Balaban J connectivity index is 1.45. The molecule has 5 rings (SSSR count). The van der Waals surface area contributed by atoms with Crippen LogP contribution in [0.4, 0.5) is 4.79 Å². The van der Waals surface area contributed by atoms with Gasteiger partial charge in [-0.1, -0.05) is 41.4 Å². The summed E-state index contributed by atoms with van der Waals surface area (Å²) in [5, 5.41) is 10.7. The molecule has 13 heteroatoms. The van der Waals surface area contributed by atoms with Crippen molar-refractivity contribution in [3.63, 3.8) is 0 Å². The molecule has 0 saturated carbocycles. The number of pyridine rings is 3. The van der Waals surface area contributed by atoms with Crippen molar-refractivity contribution in [3.8, 4) is 45.5 Å². The van der Waals surface area contributed by atoms with E-state index in [0.29, 0.717) is 87.2 Å². The molecule has 238 valence electrons. The van der Waals surface area contributed by atoms with Crippen LogP contribution in [-0.4, -0.2) is 81.5 Å². The largest absolute Gasteiger partial charge is 0.481 e. The fraction of sp³-hybridized carbons (Fsp3) is 0.273. The third kappa shape index (κ3) is 6.61. The lowest BCUT2D eigenvalue weighted by molar-refractivity contribution is -0.130. The highest BCUT2D eigenvalue weighted by molar-refractivity contribution is 6.39. The van der Waals surface area contributed by atoms with Crippen LogP contribution in [0, 0.1) is 0 Å². The van der Waals surface area contributed by atoms with Crippen molar-refractivity contribution in [2.24, 2.45) is 0 Å². The van der Waals surface area contributed by atoms with Crippen LogP contribution >= 0.6 is 23.2 Å². The molecule has 1 fully saturated rings. The zero-order valence-electron chi connectivity index (χ0n) is 25.4. The molecule has 0 atom stereocenters. The zero-order valence-corrected chi connectivity index (χ0v) is 26.9. The summed E-state index contributed by atoms with van der Waals surface area (Å²) < 4.78 is 10.9. The van der Waals surface area contributed by atoms with E-state index < -0.39 is 6.09 Å². The number of methoxy groups -OCH3 is 2. The molecule has 11 nitrogen and oxygen atoms in total. The number of hydrogen-bond acceptors (Lipinski definition) is 8. The molecule has 1 saturated heterocycles. The van der Waals surface area contributed by atoms with E-state index in [-0.39, 0.29) is 30.3 Å². The Morgan fingerprint density at radius 3 is 2.20 bits per heavy atom. The highest BCUT2D eigenvalue weighted by Crippen LogP contribution is 2.41. The average Bonchev–Trinajstić information content (AvgIpc) is 3.07. The highest BCUT2D eigenvalue weighted by atomic mass is 35.5. The van der Waals surface area contributed by atoms with Crippen molar-refractivity contribution in [1.82, 2.24) is 24.8 Å². The number of rotatable bonds is 9. The number of carboxylic acid groups (broad SMARTS) is 1. The Labute approximate surface area is 275 Å². The van der Waals surface area contributed by atoms with Gasteiger partial charge in [-0.25, -0.2) is 14.8 Å². The average molecular weight is 665 g/mol. The van der Waals surface area contributed by atoms with Crippen molar-refractivity contribution >= 4 is 41.5 Å². The van der Waals surface area contributed by atoms with Gasteiger partial charge >= 0.3 is 6.09 Å². The number of amides is 2. The van der Waals surface area contributed by atoms with Gasteiger partial charge in [0.15, 0.2) is 6.29 Å². The number of piperidine rings is 1. The number of halogens is 2. The summed E-state index contributed by atoms with van der Waals surface area (Å²) in [7, 11) is 2.91. The lowest BCUT2D eigenvalue weighted by atomic mass is 10.0. The molecule has 0 spiro atoms. The van der Waals surface area contributed by atoms with E-state index in [9.17, 15) is 19.5 Å². The number of ether oxygens (including phenoxy) is 2. The molecule has 1 aliphatic rings. The van der Waals surface area contributed by atoms with Gasteiger partial charge in [0.25, 0.3) is 0 Å². The van der Waals surface area contributed by atoms with Gasteiger partial charge in [-0.15, -0.1) is 0 Å². The second kappa shape index (κ2) is 14.1. The van der Waals surface area contributed by atoms with Crippen LogP contribution < -0.4 is 9.47 Å². The molecule has 3 aromatic heterocycles. The molecule has 0 bridgehead atoms. The maximum atomic E-state index is 12.3. The minimum absolute atomic E-state index is 0.0160. The number of nitrogens with zero attached hydrogens (tertiary/aromatic N) is 5. The van der Waals surface area contributed by atoms with Gasteiger partial charge in [0.2, 0.25) is 17.7 Å². The molecule has 1 N–H and O–H groups in total. The summed E-state index contributed by atoms with van der Waals surface area (Å²) in [5.74, 6) is 0.427. The molecular formula is C33H31Cl2N5O6. The molecule has 46 heavy (non-hydrogen) atoms. The molecule has 0 unspecified atom stereocenters. The number of carbonyl (C=O) groups is 3. The van der Waals surface area contributed by atoms with Crippen LogP contribution in [0.2, 0.25) is 10.0 Å². The maximum Gasteiger partial charge on any atom is 0.407 e. The Bertz CT molecular complexity index is 1790. The first-order valence-electron chi connectivity index (χ1n) is 14.4. The summed E-state index contributed by atoms with van der Waals surface area (Å²) in [6, 6.07) is 13.7. The third-order valence-electron chi connectivity index (χ3n) is 7.97. The Morgan fingerprint density at radius 1 is 0.935 bits per heavy atom. The van der Waals surface area contributed by atoms with Crippen molar-refractivity contribution < 1.29 is 29.0 Å². The van der Waals surface area contributed by atoms with Gasteiger partial charge in [0.1, 0.15) is 0 Å². The zero-order chi connectivity index (χ0) is 33.0. The Kier molecular flexibility index (Phi) is 10.0. The topological polar surface area (TPSA) is 135 Å². The van der Waals surface area contributed by atoms with E-state index in [1.54, 1.807) is 59.6 Å². The fourth-order valence-corrected chi connectivity index (χ4v) is 6.16. The van der Waals surface area contributed by atoms with Crippen molar-refractivity contribution in [2.75, 3.05) is 27.3 Å². The van der Waals surface area contributed by atoms with Gasteiger partial charge in [-0.2, -0.15) is 0 Å². The lowest BCUT2D eigenvalue weighted by Gasteiger charge is -2.37. The minimum Gasteiger partial charge on any atom is -0.481 e. The second-order valence-electron chi connectivity index (χ2n) is 10.6. The summed E-state index contributed by atoms with van der Waals surface area (Å²) in [6.07, 6.45) is 2.31. The van der Waals surface area contributed by atoms with Gasteiger partial charge < -0.3 is 24.4 Å². The van der Waals surface area contributed by atoms with E-state index in [4.69, 9.17) is 32.7 Å². The van der Waals surface area contributed by atoms with Gasteiger partial charge in [-0.05, 0) is 43.2 Å². The SMILES string of the molecule is COc1nc(-c2cccc(-c3nccc(-c4ccc(CN(C(=O)O)C5CCN(C(C)=O)CC5)c(OC)n4)c3Cl)c2Cl)ccc1C=O. The van der Waals surface area contributed by atoms with E-state index in [0.717, 1.165) is 0 Å². The summed E-state index contributed by atoms with van der Waals surface area (Å²) >= 11 is 13.8. The van der Waals surface area contributed by atoms with E-state index in [2.05, 4.69) is 15.0 Å². The number of hydrogen-bond donors (Lipinski definition) is 1. The number of carbonyl (C=O) groups excluding carboxylic acids is 2. The van der Waals surface area contributed by atoms with Crippen molar-refractivity contribution in [1.29, 1.82) is 0 Å². The molecule has 0 radical (unpaired) electrons. The molecule has 4 aromatic rings. The predicted molar refractivity (Wildman–Crippen MR) is 173 cm³/mol. The number of aldehydes is 1. The second-order valence-corrected chi connectivity index (χ2v) is 11.4. The van der Waals surface area contributed by atoms with Gasteiger partial charge in [-0.3, -0.25) is 14.6 Å². The number of likely N-dealkylation sites (tertiary alicyclic amines) is 1. The predicted octanol–water partition coefficient (Wildman–Crippen LogP) is 6.50. The smallest absolute Gasteiger partial charge is 0.407 e. The Morgan fingerprint density at radius 2 is 1.57 bits per heavy atom. The normalized spacial score (nSPS) is 13.3. The number of benzene rings is 1. The standard InChI is InChI=1S/C33H31Cl2N5O6/c1-19(42)39-15-12-22(13-16-39)40(33(43)44)17-20-7-9-27(37-31(20)45-2)24-11-14-36-30(29(24)35)25-6-4-5-23(28(25)34)26-10-8-21(18-41)32(38-26)46-3/h4-11,14,18,22H,12-13,15-17H2,1-3H3,(H,43,44). The van der Waals surface area contributed by atoms with Crippen LogP contribution in [-0.2, 0) is 11.3 Å². The minimum atomic E-state index is -1.05. The Hall–Kier alpha value is -4.74. The van der Waals surface area contributed by atoms with E-state index in [1.165, 1.54) is 26.0 Å². The van der Waals surface area contributed by atoms with Crippen molar-refractivity contribution in [3.05, 3.63) is 75.9 Å². The summed E-state index contributed by atoms with van der Waals surface area (Å²) in [4.78, 5) is 52.1. The first kappa shape index (κ1) is 32.6. The lowest BCUT2D eigenvalue weighted by Crippen LogP contribution is -2.47. The molecule has 1 aromatic carbocycles. The molecule has 1 aliphatic heterocycles. The maximum absolute atomic E-state index is 12.3. The summed E-state index contributed by atoms with van der Waals surface area (Å²) in [5.41, 5.74) is 4.04. The van der Waals surface area contributed by atoms with Gasteiger partial charge in [0, 0.05) is 54.5 Å². The van der Waals surface area contributed by atoms with E-state index in [1.807, 2.05) is 0 Å². The highest BCUT2D eigenvalue weighted by Gasteiger charge is 2.30. The third-order valence-corrected chi connectivity index (χ3v) is 8.76. The molecule has 0 aliphatic carbocycles. The van der Waals surface area contributed by atoms with E-state index >= 15 is 0 Å². The quantitative estimate of drug-likeness (QED) is 0.199. The van der Waals surface area contributed by atoms with Crippen LogP contribution in [0.3, 0.4) is 0 Å². The van der Waals surface area contributed by atoms with Crippen LogP contribution in [0.1, 0.15) is 35.7 Å². The molecule has 4 heterocycles. The number of aromatic nitrogens is 3. The van der Waals surface area contributed by atoms with Crippen LogP contribution in [0.25, 0.3) is 33.8 Å². The molecule has 2 amide bonds. The summed E-state index contributed by atoms with van der Waals surface area (Å²) in [6.45, 7) is 2.60. The van der Waals surface area contributed by atoms with Crippen LogP contribution in [0.5, 0.6) is 11.8 Å². The first-order valence-corrected chi connectivity index (χ1v) is 15.2. The van der Waals surface area contributed by atoms with Gasteiger partial charge in [0.05, 0.1) is 53.5 Å². The van der Waals surface area contributed by atoms with Crippen LogP contribution in [0.15, 0.2) is 54.7 Å².